The number of carbonyl (C=O) groups excluding carboxylic acids is 1. The predicted octanol–water partition coefficient (Wildman–Crippen LogP) is 2.62. The molecule has 0 amide bonds. The summed E-state index contributed by atoms with van der Waals surface area (Å²) in [6.45, 7) is 5.40. The Morgan fingerprint density at radius 3 is 2.62 bits per heavy atom. The fourth-order valence-corrected chi connectivity index (χ4v) is 1.27. The van der Waals surface area contributed by atoms with Gasteiger partial charge in [0.1, 0.15) is 0 Å². The molecule has 1 rings (SSSR count). The molecule has 0 fully saturated rings. The molecule has 1 heteroatoms. The molecular formula is C12H14O. The standard InChI is InChI=1S/C12H14O/c1-3-12(13)10(2)9-11-7-5-4-6-8-11/h3-8,10H,1,9H2,2H3/t10-/m0/s1. The zero-order chi connectivity index (χ0) is 9.68. The summed E-state index contributed by atoms with van der Waals surface area (Å²) in [6, 6.07) is 10.0. The van der Waals surface area contributed by atoms with E-state index in [0.717, 1.165) is 6.42 Å². The van der Waals surface area contributed by atoms with Crippen LogP contribution in [0, 0.1) is 5.92 Å². The summed E-state index contributed by atoms with van der Waals surface area (Å²) in [5.41, 5.74) is 1.20. The second-order valence-corrected chi connectivity index (χ2v) is 3.20. The molecule has 0 saturated heterocycles. The molecule has 0 N–H and O–H groups in total. The smallest absolute Gasteiger partial charge is 0.158 e. The van der Waals surface area contributed by atoms with E-state index in [0.29, 0.717) is 0 Å². The Morgan fingerprint density at radius 1 is 1.46 bits per heavy atom. The molecule has 1 aromatic carbocycles. The first kappa shape index (κ1) is 9.72. The van der Waals surface area contributed by atoms with Gasteiger partial charge in [-0.2, -0.15) is 0 Å². The van der Waals surface area contributed by atoms with Crippen molar-refractivity contribution in [1.29, 1.82) is 0 Å². The van der Waals surface area contributed by atoms with Crippen molar-refractivity contribution >= 4 is 5.78 Å². The number of rotatable bonds is 4. The molecule has 1 nitrogen and oxygen atoms in total. The molecule has 68 valence electrons. The lowest BCUT2D eigenvalue weighted by Gasteiger charge is -2.06. The minimum Gasteiger partial charge on any atom is -0.295 e. The summed E-state index contributed by atoms with van der Waals surface area (Å²) in [4.78, 5) is 11.2. The number of hydrogen-bond donors (Lipinski definition) is 0. The van der Waals surface area contributed by atoms with Crippen LogP contribution in [0.3, 0.4) is 0 Å². The quantitative estimate of drug-likeness (QED) is 0.641. The molecule has 0 aliphatic rings. The Labute approximate surface area is 79.1 Å². The van der Waals surface area contributed by atoms with Crippen molar-refractivity contribution in [3.63, 3.8) is 0 Å². The van der Waals surface area contributed by atoms with Gasteiger partial charge in [0.15, 0.2) is 5.78 Å². The van der Waals surface area contributed by atoms with E-state index in [1.165, 1.54) is 11.6 Å². The summed E-state index contributed by atoms with van der Waals surface area (Å²) in [6.07, 6.45) is 2.19. The zero-order valence-electron chi connectivity index (χ0n) is 7.86. The van der Waals surface area contributed by atoms with E-state index in [1.54, 1.807) is 0 Å². The molecule has 13 heavy (non-hydrogen) atoms. The van der Waals surface area contributed by atoms with Gasteiger partial charge in [0.2, 0.25) is 0 Å². The lowest BCUT2D eigenvalue weighted by atomic mass is 9.97. The molecule has 0 radical (unpaired) electrons. The van der Waals surface area contributed by atoms with Gasteiger partial charge in [0.05, 0.1) is 0 Å². The molecule has 0 bridgehead atoms. The van der Waals surface area contributed by atoms with Gasteiger partial charge in [-0.15, -0.1) is 0 Å². The van der Waals surface area contributed by atoms with E-state index in [1.807, 2.05) is 37.3 Å². The van der Waals surface area contributed by atoms with Gasteiger partial charge in [0.25, 0.3) is 0 Å². The number of allylic oxidation sites excluding steroid dienone is 1. The predicted molar refractivity (Wildman–Crippen MR) is 54.5 cm³/mol. The number of ketones is 1. The average molecular weight is 174 g/mol. The minimum absolute atomic E-state index is 0.0416. The van der Waals surface area contributed by atoms with Crippen molar-refractivity contribution in [2.24, 2.45) is 5.92 Å². The third-order valence-electron chi connectivity index (χ3n) is 2.07. The minimum atomic E-state index is 0.0416. The fraction of sp³-hybridized carbons (Fsp3) is 0.250. The monoisotopic (exact) mass is 174 g/mol. The Bertz CT molecular complexity index is 287. The second kappa shape index (κ2) is 4.61. The Kier molecular flexibility index (Phi) is 3.44. The van der Waals surface area contributed by atoms with Crippen LogP contribution in [0.5, 0.6) is 0 Å². The Hall–Kier alpha value is -1.37. The highest BCUT2D eigenvalue weighted by Gasteiger charge is 2.09. The molecule has 0 spiro atoms. The van der Waals surface area contributed by atoms with Gasteiger partial charge in [-0.05, 0) is 18.1 Å². The summed E-state index contributed by atoms with van der Waals surface area (Å²) in [5.74, 6) is 0.156. The maximum Gasteiger partial charge on any atom is 0.158 e. The average Bonchev–Trinajstić information content (AvgIpc) is 2.18. The number of hydrogen-bond acceptors (Lipinski definition) is 1. The Morgan fingerprint density at radius 2 is 2.08 bits per heavy atom. The first-order valence-electron chi connectivity index (χ1n) is 4.44. The van der Waals surface area contributed by atoms with Gasteiger partial charge in [-0.1, -0.05) is 43.8 Å². The van der Waals surface area contributed by atoms with Gasteiger partial charge in [-0.3, -0.25) is 4.79 Å². The van der Waals surface area contributed by atoms with Gasteiger partial charge >= 0.3 is 0 Å². The maximum absolute atomic E-state index is 11.2. The molecule has 0 unspecified atom stereocenters. The summed E-state index contributed by atoms with van der Waals surface area (Å²) >= 11 is 0. The lowest BCUT2D eigenvalue weighted by molar-refractivity contribution is -0.117. The van der Waals surface area contributed by atoms with Crippen LogP contribution in [0.15, 0.2) is 43.0 Å². The van der Waals surface area contributed by atoms with Crippen molar-refractivity contribution in [3.05, 3.63) is 48.6 Å². The number of benzene rings is 1. The maximum atomic E-state index is 11.2. The zero-order valence-corrected chi connectivity index (χ0v) is 7.86. The highest BCUT2D eigenvalue weighted by Crippen LogP contribution is 2.09. The molecule has 1 atom stereocenters. The van der Waals surface area contributed by atoms with Crippen LogP contribution in [0.25, 0.3) is 0 Å². The summed E-state index contributed by atoms with van der Waals surface area (Å²) in [5, 5.41) is 0. The molecule has 1 aromatic rings. The molecular weight excluding hydrogens is 160 g/mol. The largest absolute Gasteiger partial charge is 0.295 e. The van der Waals surface area contributed by atoms with Crippen molar-refractivity contribution in [1.82, 2.24) is 0 Å². The van der Waals surface area contributed by atoms with Crippen molar-refractivity contribution in [2.75, 3.05) is 0 Å². The van der Waals surface area contributed by atoms with E-state index in [9.17, 15) is 4.79 Å². The lowest BCUT2D eigenvalue weighted by Crippen LogP contribution is -2.10. The van der Waals surface area contributed by atoms with E-state index in [2.05, 4.69) is 6.58 Å². The third kappa shape index (κ3) is 2.86. The fourth-order valence-electron chi connectivity index (χ4n) is 1.27. The number of carbonyl (C=O) groups is 1. The Balaban J connectivity index is 2.60. The highest BCUT2D eigenvalue weighted by molar-refractivity contribution is 5.91. The van der Waals surface area contributed by atoms with E-state index in [-0.39, 0.29) is 11.7 Å². The molecule has 0 aliphatic carbocycles. The van der Waals surface area contributed by atoms with Crippen LogP contribution >= 0.6 is 0 Å². The van der Waals surface area contributed by atoms with Gasteiger partial charge < -0.3 is 0 Å². The van der Waals surface area contributed by atoms with E-state index >= 15 is 0 Å². The second-order valence-electron chi connectivity index (χ2n) is 3.20. The molecule has 0 aliphatic heterocycles. The first-order chi connectivity index (χ1) is 6.24. The molecule has 0 saturated carbocycles. The van der Waals surface area contributed by atoms with Gasteiger partial charge in [0, 0.05) is 5.92 Å². The molecule has 0 aromatic heterocycles. The van der Waals surface area contributed by atoms with Crippen LogP contribution in [0.1, 0.15) is 12.5 Å². The highest BCUT2D eigenvalue weighted by atomic mass is 16.1. The van der Waals surface area contributed by atoms with Crippen LogP contribution in [0.4, 0.5) is 0 Å². The normalized spacial score (nSPS) is 12.1. The third-order valence-corrected chi connectivity index (χ3v) is 2.07. The van der Waals surface area contributed by atoms with Crippen molar-refractivity contribution in [3.8, 4) is 0 Å². The van der Waals surface area contributed by atoms with E-state index < -0.39 is 0 Å². The van der Waals surface area contributed by atoms with Crippen LogP contribution in [-0.4, -0.2) is 5.78 Å². The summed E-state index contributed by atoms with van der Waals surface area (Å²) < 4.78 is 0. The van der Waals surface area contributed by atoms with Crippen molar-refractivity contribution in [2.45, 2.75) is 13.3 Å². The SMILES string of the molecule is C=CC(=O)[C@@H](C)Cc1ccccc1. The topological polar surface area (TPSA) is 17.1 Å². The molecule has 0 heterocycles. The first-order valence-corrected chi connectivity index (χ1v) is 4.44. The van der Waals surface area contributed by atoms with E-state index in [4.69, 9.17) is 0 Å². The van der Waals surface area contributed by atoms with Crippen LogP contribution in [-0.2, 0) is 11.2 Å². The van der Waals surface area contributed by atoms with Crippen molar-refractivity contribution < 1.29 is 4.79 Å². The van der Waals surface area contributed by atoms with Crippen LogP contribution < -0.4 is 0 Å². The van der Waals surface area contributed by atoms with Crippen LogP contribution in [0.2, 0.25) is 0 Å². The van der Waals surface area contributed by atoms with Gasteiger partial charge in [-0.25, -0.2) is 0 Å². The summed E-state index contributed by atoms with van der Waals surface area (Å²) in [7, 11) is 0.